The highest BCUT2D eigenvalue weighted by atomic mass is 19.4. The molecule has 1 heterocycles. The average Bonchev–Trinajstić information content (AvgIpc) is 2.24. The Hall–Kier alpha value is -1.58. The molecule has 0 aliphatic heterocycles. The maximum absolute atomic E-state index is 12.9. The summed E-state index contributed by atoms with van der Waals surface area (Å²) in [4.78, 5) is 4.12. The molecule has 0 unspecified atom stereocenters. The molecule has 0 N–H and O–H groups in total. The number of fused-ring (bicyclic) bond motifs is 1. The third-order valence-electron chi connectivity index (χ3n) is 2.88. The van der Waals surface area contributed by atoms with Gasteiger partial charge in [-0.1, -0.05) is 32.9 Å². The molecule has 0 aliphatic carbocycles. The molecule has 0 saturated carbocycles. The lowest BCUT2D eigenvalue weighted by molar-refractivity contribution is -0.136. The number of benzene rings is 1. The van der Waals surface area contributed by atoms with E-state index in [1.807, 2.05) is 20.8 Å². The second-order valence-corrected chi connectivity index (χ2v) is 5.31. The summed E-state index contributed by atoms with van der Waals surface area (Å²) in [5.41, 5.74) is 0.390. The van der Waals surface area contributed by atoms with Crippen LogP contribution in [0.15, 0.2) is 30.5 Å². The minimum absolute atomic E-state index is 0.164. The van der Waals surface area contributed by atoms with E-state index in [9.17, 15) is 13.2 Å². The first-order chi connectivity index (χ1) is 8.21. The molecule has 2 rings (SSSR count). The number of alkyl halides is 3. The maximum Gasteiger partial charge on any atom is 0.417 e. The van der Waals surface area contributed by atoms with Crippen molar-refractivity contribution in [3.8, 4) is 0 Å². The van der Waals surface area contributed by atoms with Gasteiger partial charge in [0.15, 0.2) is 0 Å². The van der Waals surface area contributed by atoms with Crippen LogP contribution in [0, 0.1) is 0 Å². The predicted molar refractivity (Wildman–Crippen MR) is 65.4 cm³/mol. The summed E-state index contributed by atoms with van der Waals surface area (Å²) in [5.74, 6) is 0. The Labute approximate surface area is 104 Å². The molecule has 96 valence electrons. The van der Waals surface area contributed by atoms with Crippen molar-refractivity contribution in [2.75, 3.05) is 0 Å². The van der Waals surface area contributed by atoms with Gasteiger partial charge in [0.2, 0.25) is 0 Å². The summed E-state index contributed by atoms with van der Waals surface area (Å²) in [6.45, 7) is 5.89. The van der Waals surface area contributed by atoms with Gasteiger partial charge in [-0.05, 0) is 23.1 Å². The fraction of sp³-hybridized carbons (Fsp3) is 0.357. The topological polar surface area (TPSA) is 12.9 Å². The second-order valence-electron chi connectivity index (χ2n) is 5.31. The minimum atomic E-state index is -4.35. The standard InChI is InChI=1S/C14H14F3N/c1-13(2,3)11-7-6-10(14(15,16)17)9-5-4-8-18-12(9)11/h4-8H,1-3H3. The lowest BCUT2D eigenvalue weighted by atomic mass is 9.84. The lowest BCUT2D eigenvalue weighted by Crippen LogP contribution is -2.14. The van der Waals surface area contributed by atoms with Gasteiger partial charge in [0.05, 0.1) is 11.1 Å². The zero-order valence-corrected chi connectivity index (χ0v) is 10.5. The normalized spacial score (nSPS) is 13.0. The molecule has 1 aromatic heterocycles. The van der Waals surface area contributed by atoms with Gasteiger partial charge in [0.1, 0.15) is 0 Å². The van der Waals surface area contributed by atoms with Crippen molar-refractivity contribution in [3.63, 3.8) is 0 Å². The zero-order chi connectivity index (χ0) is 13.6. The highest BCUT2D eigenvalue weighted by Crippen LogP contribution is 2.37. The van der Waals surface area contributed by atoms with Crippen molar-refractivity contribution in [2.45, 2.75) is 32.4 Å². The Bertz CT molecular complexity index is 527. The number of aromatic nitrogens is 1. The molecule has 0 saturated heterocycles. The smallest absolute Gasteiger partial charge is 0.256 e. The van der Waals surface area contributed by atoms with Crippen molar-refractivity contribution in [3.05, 3.63) is 41.6 Å². The molecule has 1 nitrogen and oxygen atoms in total. The van der Waals surface area contributed by atoms with E-state index in [4.69, 9.17) is 0 Å². The SMILES string of the molecule is CC(C)(C)c1ccc(C(F)(F)F)c2cccnc12. The molecular formula is C14H14F3N. The molecule has 0 spiro atoms. The van der Waals surface area contributed by atoms with Crippen molar-refractivity contribution in [1.29, 1.82) is 0 Å². The third kappa shape index (κ3) is 2.19. The summed E-state index contributed by atoms with van der Waals surface area (Å²) in [6.07, 6.45) is -2.82. The largest absolute Gasteiger partial charge is 0.417 e. The molecular weight excluding hydrogens is 239 g/mol. The van der Waals surface area contributed by atoms with Crippen molar-refractivity contribution >= 4 is 10.9 Å². The molecule has 0 aliphatic rings. The fourth-order valence-corrected chi connectivity index (χ4v) is 2.03. The Kier molecular flexibility index (Phi) is 2.84. The van der Waals surface area contributed by atoms with E-state index in [-0.39, 0.29) is 10.8 Å². The maximum atomic E-state index is 12.9. The van der Waals surface area contributed by atoms with Crippen LogP contribution in [0.25, 0.3) is 10.9 Å². The van der Waals surface area contributed by atoms with Crippen LogP contribution in [-0.2, 0) is 11.6 Å². The summed E-state index contributed by atoms with van der Waals surface area (Å²) in [5, 5.41) is 0.164. The summed E-state index contributed by atoms with van der Waals surface area (Å²) in [7, 11) is 0. The van der Waals surface area contributed by atoms with Crippen molar-refractivity contribution in [2.24, 2.45) is 0 Å². The van der Waals surface area contributed by atoms with Crippen LogP contribution < -0.4 is 0 Å². The molecule has 18 heavy (non-hydrogen) atoms. The Morgan fingerprint density at radius 2 is 1.56 bits per heavy atom. The van der Waals surface area contributed by atoms with E-state index in [1.54, 1.807) is 0 Å². The van der Waals surface area contributed by atoms with E-state index in [0.717, 1.165) is 11.6 Å². The molecule has 0 amide bonds. The van der Waals surface area contributed by atoms with Gasteiger partial charge in [-0.25, -0.2) is 0 Å². The summed E-state index contributed by atoms with van der Waals surface area (Å²) in [6, 6.07) is 5.67. The number of pyridine rings is 1. The molecule has 2 aromatic rings. The van der Waals surface area contributed by atoms with Gasteiger partial charge in [-0.3, -0.25) is 4.98 Å². The molecule has 0 atom stereocenters. The lowest BCUT2D eigenvalue weighted by Gasteiger charge is -2.22. The highest BCUT2D eigenvalue weighted by molar-refractivity contribution is 5.86. The average molecular weight is 253 g/mol. The van der Waals surface area contributed by atoms with Crippen LogP contribution in [0.5, 0.6) is 0 Å². The van der Waals surface area contributed by atoms with Gasteiger partial charge in [-0.2, -0.15) is 13.2 Å². The first-order valence-electron chi connectivity index (χ1n) is 5.66. The van der Waals surface area contributed by atoms with Crippen LogP contribution in [-0.4, -0.2) is 4.98 Å². The van der Waals surface area contributed by atoms with Crippen molar-refractivity contribution < 1.29 is 13.2 Å². The van der Waals surface area contributed by atoms with Gasteiger partial charge >= 0.3 is 6.18 Å². The van der Waals surface area contributed by atoms with Gasteiger partial charge < -0.3 is 0 Å². The van der Waals surface area contributed by atoms with Gasteiger partial charge in [-0.15, -0.1) is 0 Å². The Morgan fingerprint density at radius 1 is 0.944 bits per heavy atom. The van der Waals surface area contributed by atoms with E-state index >= 15 is 0 Å². The van der Waals surface area contributed by atoms with E-state index < -0.39 is 11.7 Å². The Morgan fingerprint density at radius 3 is 2.11 bits per heavy atom. The van der Waals surface area contributed by atoms with Crippen LogP contribution >= 0.6 is 0 Å². The van der Waals surface area contributed by atoms with Crippen LogP contribution in [0.4, 0.5) is 13.2 Å². The third-order valence-corrected chi connectivity index (χ3v) is 2.88. The zero-order valence-electron chi connectivity index (χ0n) is 10.5. The number of halogens is 3. The van der Waals surface area contributed by atoms with Gasteiger partial charge in [0, 0.05) is 11.6 Å². The van der Waals surface area contributed by atoms with Crippen molar-refractivity contribution in [1.82, 2.24) is 4.98 Å². The number of hydrogen-bond acceptors (Lipinski definition) is 1. The fourth-order valence-electron chi connectivity index (χ4n) is 2.03. The molecule has 4 heteroatoms. The number of rotatable bonds is 0. The summed E-state index contributed by atoms with van der Waals surface area (Å²) < 4.78 is 38.8. The minimum Gasteiger partial charge on any atom is -0.256 e. The van der Waals surface area contributed by atoms with Crippen LogP contribution in [0.1, 0.15) is 31.9 Å². The molecule has 0 bridgehead atoms. The predicted octanol–water partition coefficient (Wildman–Crippen LogP) is 4.55. The monoisotopic (exact) mass is 253 g/mol. The molecule has 0 fully saturated rings. The first-order valence-corrected chi connectivity index (χ1v) is 5.66. The second kappa shape index (κ2) is 3.97. The summed E-state index contributed by atoms with van der Waals surface area (Å²) >= 11 is 0. The highest BCUT2D eigenvalue weighted by Gasteiger charge is 2.33. The van der Waals surface area contributed by atoms with Crippen LogP contribution in [0.3, 0.4) is 0 Å². The Balaban J connectivity index is 2.83. The van der Waals surface area contributed by atoms with E-state index in [1.165, 1.54) is 24.4 Å². The number of hydrogen-bond donors (Lipinski definition) is 0. The molecule has 0 radical (unpaired) electrons. The van der Waals surface area contributed by atoms with Crippen LogP contribution in [0.2, 0.25) is 0 Å². The van der Waals surface area contributed by atoms with E-state index in [0.29, 0.717) is 5.52 Å². The molecule has 1 aromatic carbocycles. The first kappa shape index (κ1) is 12.9. The number of nitrogens with zero attached hydrogens (tertiary/aromatic N) is 1. The van der Waals surface area contributed by atoms with E-state index in [2.05, 4.69) is 4.98 Å². The van der Waals surface area contributed by atoms with Gasteiger partial charge in [0.25, 0.3) is 0 Å². The quantitative estimate of drug-likeness (QED) is 0.671.